The van der Waals surface area contributed by atoms with E-state index in [1.54, 1.807) is 20.8 Å². The van der Waals surface area contributed by atoms with Crippen LogP contribution in [0.2, 0.25) is 0 Å². The van der Waals surface area contributed by atoms with Crippen molar-refractivity contribution >= 4 is 17.4 Å². The van der Waals surface area contributed by atoms with Gasteiger partial charge in [-0.1, -0.05) is 11.6 Å². The van der Waals surface area contributed by atoms with E-state index in [1.807, 2.05) is 13.0 Å². The number of allylic oxidation sites excluding steroid dienone is 2. The van der Waals surface area contributed by atoms with Crippen molar-refractivity contribution in [3.05, 3.63) is 39.6 Å². The van der Waals surface area contributed by atoms with E-state index in [-0.39, 0.29) is 12.2 Å². The monoisotopic (exact) mass is 402 g/mol. The Morgan fingerprint density at radius 3 is 2.52 bits per heavy atom. The van der Waals surface area contributed by atoms with Gasteiger partial charge in [-0.25, -0.2) is 4.98 Å². The first-order valence-electron chi connectivity index (χ1n) is 9.07. The summed E-state index contributed by atoms with van der Waals surface area (Å²) in [5, 5.41) is 40.7. The Morgan fingerprint density at radius 2 is 2.00 bits per heavy atom. The standard InChI is InChI=1S/C19H31ClN2O5/c1-13(7-8-15(23)18(2,3)25)6-5-9-19(4,20)16(24)10-14-11-17(21-12-14)22(26)27/h6,11-12,15-16,21,23-25H,5,7-10H2,1-4H3/t15-,16-,19-/m1/s1. The maximum atomic E-state index is 10.7. The minimum absolute atomic E-state index is 0.111. The summed E-state index contributed by atoms with van der Waals surface area (Å²) >= 11 is 6.48. The lowest BCUT2D eigenvalue weighted by atomic mass is 9.92. The molecule has 0 bridgehead atoms. The van der Waals surface area contributed by atoms with Crippen LogP contribution in [0.4, 0.5) is 5.82 Å². The van der Waals surface area contributed by atoms with Gasteiger partial charge in [-0.15, -0.1) is 11.6 Å². The van der Waals surface area contributed by atoms with E-state index in [4.69, 9.17) is 11.6 Å². The first-order valence-corrected chi connectivity index (χ1v) is 9.45. The summed E-state index contributed by atoms with van der Waals surface area (Å²) < 4.78 is 0. The zero-order valence-corrected chi connectivity index (χ0v) is 17.2. The molecule has 27 heavy (non-hydrogen) atoms. The quantitative estimate of drug-likeness (QED) is 0.195. The Hall–Kier alpha value is -1.41. The van der Waals surface area contributed by atoms with Crippen molar-refractivity contribution in [2.75, 3.05) is 0 Å². The Morgan fingerprint density at radius 1 is 1.37 bits per heavy atom. The highest BCUT2D eigenvalue weighted by atomic mass is 35.5. The van der Waals surface area contributed by atoms with Crippen molar-refractivity contribution in [1.29, 1.82) is 0 Å². The van der Waals surface area contributed by atoms with Gasteiger partial charge in [0.05, 0.1) is 28.9 Å². The molecule has 0 aromatic carbocycles. The van der Waals surface area contributed by atoms with Crippen molar-refractivity contribution in [3.63, 3.8) is 0 Å². The number of aromatic amines is 1. The molecule has 1 heterocycles. The van der Waals surface area contributed by atoms with Gasteiger partial charge in [-0.2, -0.15) is 0 Å². The van der Waals surface area contributed by atoms with Crippen LogP contribution in [0.1, 0.15) is 58.9 Å². The van der Waals surface area contributed by atoms with Gasteiger partial charge >= 0.3 is 5.82 Å². The van der Waals surface area contributed by atoms with E-state index < -0.39 is 27.6 Å². The Balaban J connectivity index is 2.49. The molecule has 0 aliphatic rings. The van der Waals surface area contributed by atoms with Crippen LogP contribution >= 0.6 is 11.6 Å². The third-order valence-corrected chi connectivity index (χ3v) is 5.24. The number of hydrogen-bond donors (Lipinski definition) is 4. The first kappa shape index (κ1) is 23.6. The number of hydrogen-bond acceptors (Lipinski definition) is 5. The van der Waals surface area contributed by atoms with Gasteiger partial charge in [0.1, 0.15) is 0 Å². The molecular formula is C19H31ClN2O5. The minimum Gasteiger partial charge on any atom is -0.391 e. The maximum absolute atomic E-state index is 10.7. The molecule has 0 radical (unpaired) electrons. The molecule has 0 saturated heterocycles. The SMILES string of the molecule is CC(=CCC[C@@](C)(Cl)[C@H](O)Cc1c[nH]c([N+](=O)[O-])c1)CC[C@@H](O)C(C)(C)O. The van der Waals surface area contributed by atoms with Crippen molar-refractivity contribution < 1.29 is 20.2 Å². The largest absolute Gasteiger partial charge is 0.391 e. The summed E-state index contributed by atoms with van der Waals surface area (Å²) in [5.41, 5.74) is 0.599. The number of aliphatic hydroxyl groups is 3. The second-order valence-corrected chi connectivity index (χ2v) is 8.81. The molecule has 0 spiro atoms. The average molecular weight is 403 g/mol. The Kier molecular flexibility index (Phi) is 8.48. The van der Waals surface area contributed by atoms with Gasteiger partial charge in [0.2, 0.25) is 0 Å². The molecule has 1 rings (SSSR count). The number of alkyl halides is 1. The molecular weight excluding hydrogens is 372 g/mol. The van der Waals surface area contributed by atoms with Crippen LogP contribution in [-0.4, -0.2) is 47.9 Å². The maximum Gasteiger partial charge on any atom is 0.321 e. The highest BCUT2D eigenvalue weighted by Crippen LogP contribution is 2.29. The number of rotatable bonds is 11. The number of nitrogens with one attached hydrogen (secondary N) is 1. The van der Waals surface area contributed by atoms with Crippen molar-refractivity contribution in [3.8, 4) is 0 Å². The van der Waals surface area contributed by atoms with Crippen molar-refractivity contribution in [2.45, 2.75) is 82.5 Å². The third-order valence-electron chi connectivity index (χ3n) is 4.80. The van der Waals surface area contributed by atoms with Crippen LogP contribution in [0.5, 0.6) is 0 Å². The molecule has 4 N–H and O–H groups in total. The van der Waals surface area contributed by atoms with E-state index >= 15 is 0 Å². The molecule has 154 valence electrons. The van der Waals surface area contributed by atoms with Crippen molar-refractivity contribution in [1.82, 2.24) is 4.98 Å². The van der Waals surface area contributed by atoms with E-state index in [9.17, 15) is 25.4 Å². The molecule has 0 aliphatic heterocycles. The van der Waals surface area contributed by atoms with Crippen LogP contribution in [0.15, 0.2) is 23.9 Å². The van der Waals surface area contributed by atoms with Crippen molar-refractivity contribution in [2.24, 2.45) is 0 Å². The van der Waals surface area contributed by atoms with Gasteiger partial charge in [-0.3, -0.25) is 0 Å². The molecule has 7 nitrogen and oxygen atoms in total. The van der Waals surface area contributed by atoms with Gasteiger partial charge in [0.25, 0.3) is 0 Å². The van der Waals surface area contributed by atoms with Crippen LogP contribution < -0.4 is 0 Å². The average Bonchev–Trinajstić information content (AvgIpc) is 3.00. The molecule has 1 aromatic heterocycles. The number of nitro groups is 1. The smallest absolute Gasteiger partial charge is 0.321 e. The highest BCUT2D eigenvalue weighted by Gasteiger charge is 2.30. The molecule has 0 amide bonds. The molecule has 8 heteroatoms. The summed E-state index contributed by atoms with van der Waals surface area (Å²) in [6, 6.07) is 1.40. The predicted octanol–water partition coefficient (Wildman–Crippen LogP) is 3.46. The highest BCUT2D eigenvalue weighted by molar-refractivity contribution is 6.24. The molecule has 1 aromatic rings. The van der Waals surface area contributed by atoms with Gasteiger partial charge in [0, 0.05) is 18.1 Å². The summed E-state index contributed by atoms with van der Waals surface area (Å²) in [6.45, 7) is 6.87. The molecule has 0 unspecified atom stereocenters. The first-order chi connectivity index (χ1) is 12.3. The predicted molar refractivity (Wildman–Crippen MR) is 106 cm³/mol. The zero-order chi connectivity index (χ0) is 20.8. The van der Waals surface area contributed by atoms with Gasteiger partial charge in [0.15, 0.2) is 0 Å². The van der Waals surface area contributed by atoms with E-state index in [2.05, 4.69) is 4.98 Å². The van der Waals surface area contributed by atoms with E-state index in [0.29, 0.717) is 31.2 Å². The number of nitrogens with zero attached hydrogens (tertiary/aromatic N) is 1. The fourth-order valence-electron chi connectivity index (χ4n) is 2.67. The fraction of sp³-hybridized carbons (Fsp3) is 0.684. The lowest BCUT2D eigenvalue weighted by Gasteiger charge is -2.27. The van der Waals surface area contributed by atoms with Crippen LogP contribution in [0, 0.1) is 10.1 Å². The normalized spacial score (nSPS) is 17.4. The summed E-state index contributed by atoms with van der Waals surface area (Å²) in [7, 11) is 0. The lowest BCUT2D eigenvalue weighted by Crippen LogP contribution is -2.35. The third kappa shape index (κ3) is 8.01. The molecule has 3 atom stereocenters. The zero-order valence-electron chi connectivity index (χ0n) is 16.4. The second-order valence-electron chi connectivity index (χ2n) is 7.95. The van der Waals surface area contributed by atoms with Crippen LogP contribution in [0.25, 0.3) is 0 Å². The van der Waals surface area contributed by atoms with E-state index in [1.165, 1.54) is 12.3 Å². The topological polar surface area (TPSA) is 120 Å². The number of H-pyrrole nitrogens is 1. The van der Waals surface area contributed by atoms with E-state index in [0.717, 1.165) is 5.57 Å². The second kappa shape index (κ2) is 9.68. The van der Waals surface area contributed by atoms with Gasteiger partial charge in [-0.05, 0) is 58.3 Å². The summed E-state index contributed by atoms with van der Waals surface area (Å²) in [6.07, 6.45) is 4.45. The number of aliphatic hydroxyl groups excluding tert-OH is 2. The minimum atomic E-state index is -1.12. The number of aromatic nitrogens is 1. The fourth-order valence-corrected chi connectivity index (χ4v) is 2.86. The van der Waals surface area contributed by atoms with Crippen LogP contribution in [0.3, 0.4) is 0 Å². The lowest BCUT2D eigenvalue weighted by molar-refractivity contribution is -0.389. The van der Waals surface area contributed by atoms with Crippen LogP contribution in [-0.2, 0) is 6.42 Å². The molecule has 0 saturated carbocycles. The summed E-state index contributed by atoms with van der Waals surface area (Å²) in [5.74, 6) is -0.111. The van der Waals surface area contributed by atoms with Gasteiger partial charge < -0.3 is 25.4 Å². The molecule has 0 fully saturated rings. The summed E-state index contributed by atoms with van der Waals surface area (Å²) in [4.78, 5) is 11.9. The molecule has 0 aliphatic carbocycles. The number of halogens is 1. The Labute approximate surface area is 165 Å². The Bertz CT molecular complexity index is 649.